The molecule has 0 spiro atoms. The average Bonchev–Trinajstić information content (AvgIpc) is 3.16. The van der Waals surface area contributed by atoms with Gasteiger partial charge in [-0.2, -0.15) is 0 Å². The van der Waals surface area contributed by atoms with E-state index in [9.17, 15) is 0 Å². The molecular formula is C16H13BrN4. The SMILES string of the molecule is Brc1ccc(-n2cncc2-c2cccc3c2NCC3)nc1. The zero-order valence-electron chi connectivity index (χ0n) is 11.3. The third-order valence-corrected chi connectivity index (χ3v) is 4.19. The average molecular weight is 341 g/mol. The van der Waals surface area contributed by atoms with E-state index < -0.39 is 0 Å². The summed E-state index contributed by atoms with van der Waals surface area (Å²) in [5, 5.41) is 3.48. The molecule has 21 heavy (non-hydrogen) atoms. The third-order valence-electron chi connectivity index (χ3n) is 3.72. The number of hydrogen-bond donors (Lipinski definition) is 1. The van der Waals surface area contributed by atoms with Gasteiger partial charge in [0.05, 0.1) is 11.9 Å². The lowest BCUT2D eigenvalue weighted by Crippen LogP contribution is -2.00. The molecule has 1 aliphatic rings. The van der Waals surface area contributed by atoms with E-state index in [4.69, 9.17) is 0 Å². The molecule has 0 saturated heterocycles. The number of anilines is 1. The molecule has 2 aromatic heterocycles. The molecule has 1 aliphatic heterocycles. The van der Waals surface area contributed by atoms with Crippen LogP contribution in [0.4, 0.5) is 5.69 Å². The quantitative estimate of drug-likeness (QED) is 0.774. The van der Waals surface area contributed by atoms with Gasteiger partial charge < -0.3 is 5.32 Å². The normalized spacial score (nSPS) is 13.0. The Kier molecular flexibility index (Phi) is 3.00. The number of para-hydroxylation sites is 1. The van der Waals surface area contributed by atoms with Crippen LogP contribution in [-0.2, 0) is 6.42 Å². The standard InChI is InChI=1S/C16H13BrN4/c17-12-4-5-15(20-8-12)21-10-18-9-14(21)13-3-1-2-11-6-7-19-16(11)13/h1-5,8-10,19H,6-7H2. The minimum absolute atomic E-state index is 0.862. The number of nitrogens with one attached hydrogen (secondary N) is 1. The second-order valence-corrected chi connectivity index (χ2v) is 5.92. The fourth-order valence-corrected chi connectivity index (χ4v) is 2.97. The number of aromatic nitrogens is 3. The Morgan fingerprint density at radius 3 is 2.95 bits per heavy atom. The van der Waals surface area contributed by atoms with E-state index in [1.165, 1.54) is 16.8 Å². The zero-order chi connectivity index (χ0) is 14.2. The number of halogens is 1. The molecule has 0 amide bonds. The number of pyridine rings is 1. The number of hydrogen-bond acceptors (Lipinski definition) is 3. The highest BCUT2D eigenvalue weighted by molar-refractivity contribution is 9.10. The summed E-state index contributed by atoms with van der Waals surface area (Å²) in [5.41, 5.74) is 4.81. The number of rotatable bonds is 2. The number of imidazole rings is 1. The smallest absolute Gasteiger partial charge is 0.138 e. The summed E-state index contributed by atoms with van der Waals surface area (Å²) in [5.74, 6) is 0.862. The van der Waals surface area contributed by atoms with Crippen LogP contribution >= 0.6 is 15.9 Å². The van der Waals surface area contributed by atoms with Crippen LogP contribution in [0.25, 0.3) is 17.1 Å². The van der Waals surface area contributed by atoms with E-state index >= 15 is 0 Å². The Balaban J connectivity index is 1.86. The van der Waals surface area contributed by atoms with E-state index in [1.54, 1.807) is 12.5 Å². The summed E-state index contributed by atoms with van der Waals surface area (Å²) in [6, 6.07) is 10.4. The molecule has 0 aliphatic carbocycles. The second-order valence-electron chi connectivity index (χ2n) is 5.00. The molecule has 0 saturated carbocycles. The molecular weight excluding hydrogens is 328 g/mol. The van der Waals surface area contributed by atoms with Gasteiger partial charge >= 0.3 is 0 Å². The van der Waals surface area contributed by atoms with Gasteiger partial charge in [-0.3, -0.25) is 4.57 Å². The molecule has 0 unspecified atom stereocenters. The van der Waals surface area contributed by atoms with Crippen molar-refractivity contribution in [3.8, 4) is 17.1 Å². The summed E-state index contributed by atoms with van der Waals surface area (Å²) in [6.07, 6.45) is 6.57. The number of benzene rings is 1. The van der Waals surface area contributed by atoms with Crippen LogP contribution in [0.2, 0.25) is 0 Å². The highest BCUT2D eigenvalue weighted by Crippen LogP contribution is 2.34. The zero-order valence-corrected chi connectivity index (χ0v) is 12.8. The summed E-state index contributed by atoms with van der Waals surface area (Å²) >= 11 is 3.42. The molecule has 5 heteroatoms. The van der Waals surface area contributed by atoms with Crippen molar-refractivity contribution in [3.05, 3.63) is 59.1 Å². The summed E-state index contributed by atoms with van der Waals surface area (Å²) in [4.78, 5) is 8.76. The second kappa shape index (κ2) is 5.00. The van der Waals surface area contributed by atoms with E-state index in [0.29, 0.717) is 0 Å². The predicted molar refractivity (Wildman–Crippen MR) is 86.7 cm³/mol. The first kappa shape index (κ1) is 12.6. The highest BCUT2D eigenvalue weighted by Gasteiger charge is 2.17. The van der Waals surface area contributed by atoms with Gasteiger partial charge in [-0.05, 0) is 40.0 Å². The van der Waals surface area contributed by atoms with Crippen molar-refractivity contribution < 1.29 is 0 Å². The van der Waals surface area contributed by atoms with Gasteiger partial charge in [-0.25, -0.2) is 9.97 Å². The van der Waals surface area contributed by atoms with Crippen LogP contribution in [0, 0.1) is 0 Å². The van der Waals surface area contributed by atoms with E-state index in [0.717, 1.165) is 29.0 Å². The van der Waals surface area contributed by atoms with Crippen molar-refractivity contribution in [2.75, 3.05) is 11.9 Å². The lowest BCUT2D eigenvalue weighted by molar-refractivity contribution is 0.997. The Bertz CT molecular complexity index is 792. The maximum atomic E-state index is 4.46. The van der Waals surface area contributed by atoms with Gasteiger partial charge in [0.2, 0.25) is 0 Å². The first-order valence-electron chi connectivity index (χ1n) is 6.83. The Hall–Kier alpha value is -2.14. The van der Waals surface area contributed by atoms with Crippen LogP contribution < -0.4 is 5.32 Å². The first-order valence-corrected chi connectivity index (χ1v) is 7.62. The van der Waals surface area contributed by atoms with Gasteiger partial charge in [0.25, 0.3) is 0 Å². The lowest BCUT2D eigenvalue weighted by Gasteiger charge is -2.11. The molecule has 0 fully saturated rings. The first-order chi connectivity index (χ1) is 10.3. The predicted octanol–water partition coefficient (Wildman–Crippen LogP) is 3.66. The van der Waals surface area contributed by atoms with Crippen molar-refractivity contribution in [1.82, 2.24) is 14.5 Å². The topological polar surface area (TPSA) is 42.7 Å². The van der Waals surface area contributed by atoms with Crippen LogP contribution in [0.15, 0.2) is 53.5 Å². The van der Waals surface area contributed by atoms with Gasteiger partial charge in [-0.1, -0.05) is 18.2 Å². The fourth-order valence-electron chi connectivity index (χ4n) is 2.74. The number of nitrogens with zero attached hydrogens (tertiary/aromatic N) is 3. The molecule has 0 radical (unpaired) electrons. The van der Waals surface area contributed by atoms with Crippen LogP contribution in [0.5, 0.6) is 0 Å². The monoisotopic (exact) mass is 340 g/mol. The minimum Gasteiger partial charge on any atom is -0.384 e. The highest BCUT2D eigenvalue weighted by atomic mass is 79.9. The van der Waals surface area contributed by atoms with E-state index in [-0.39, 0.29) is 0 Å². The fraction of sp³-hybridized carbons (Fsp3) is 0.125. The maximum Gasteiger partial charge on any atom is 0.138 e. The van der Waals surface area contributed by atoms with Crippen molar-refractivity contribution in [3.63, 3.8) is 0 Å². The van der Waals surface area contributed by atoms with Crippen LogP contribution in [0.3, 0.4) is 0 Å². The van der Waals surface area contributed by atoms with Gasteiger partial charge in [-0.15, -0.1) is 0 Å². The Labute approximate surface area is 131 Å². The van der Waals surface area contributed by atoms with E-state index in [1.807, 2.05) is 22.9 Å². The maximum absolute atomic E-state index is 4.46. The van der Waals surface area contributed by atoms with Crippen molar-refractivity contribution >= 4 is 21.6 Å². The van der Waals surface area contributed by atoms with Crippen molar-refractivity contribution in [2.24, 2.45) is 0 Å². The molecule has 3 heterocycles. The van der Waals surface area contributed by atoms with Gasteiger partial charge in [0, 0.05) is 28.5 Å². The molecule has 4 rings (SSSR count). The molecule has 0 bridgehead atoms. The molecule has 3 aromatic rings. The van der Waals surface area contributed by atoms with Crippen LogP contribution in [0.1, 0.15) is 5.56 Å². The molecule has 0 atom stereocenters. The van der Waals surface area contributed by atoms with Gasteiger partial charge in [0.15, 0.2) is 0 Å². The Morgan fingerprint density at radius 1 is 1.14 bits per heavy atom. The summed E-state index contributed by atoms with van der Waals surface area (Å²) in [6.45, 7) is 0.997. The summed E-state index contributed by atoms with van der Waals surface area (Å²) < 4.78 is 2.98. The van der Waals surface area contributed by atoms with Crippen molar-refractivity contribution in [1.29, 1.82) is 0 Å². The van der Waals surface area contributed by atoms with Crippen LogP contribution in [-0.4, -0.2) is 21.1 Å². The summed E-state index contributed by atoms with van der Waals surface area (Å²) in [7, 11) is 0. The molecule has 104 valence electrons. The van der Waals surface area contributed by atoms with Crippen molar-refractivity contribution in [2.45, 2.75) is 6.42 Å². The largest absolute Gasteiger partial charge is 0.384 e. The third kappa shape index (κ3) is 2.14. The van der Waals surface area contributed by atoms with Gasteiger partial charge in [0.1, 0.15) is 12.1 Å². The Morgan fingerprint density at radius 2 is 2.10 bits per heavy atom. The molecule has 1 aromatic carbocycles. The lowest BCUT2D eigenvalue weighted by atomic mass is 10.1. The molecule has 1 N–H and O–H groups in total. The molecule has 4 nitrogen and oxygen atoms in total. The van der Waals surface area contributed by atoms with E-state index in [2.05, 4.69) is 49.4 Å². The number of fused-ring (bicyclic) bond motifs is 1. The minimum atomic E-state index is 0.862.